The van der Waals surface area contributed by atoms with Gasteiger partial charge in [0.05, 0.1) is 6.04 Å². The second kappa shape index (κ2) is 7.93. The highest BCUT2D eigenvalue weighted by Crippen LogP contribution is 2.13. The third-order valence-corrected chi connectivity index (χ3v) is 3.50. The maximum Gasteiger partial charge on any atom is 0.246 e. The van der Waals surface area contributed by atoms with E-state index in [0.717, 1.165) is 17.4 Å². The summed E-state index contributed by atoms with van der Waals surface area (Å²) < 4.78 is 0. The van der Waals surface area contributed by atoms with Crippen molar-refractivity contribution in [1.82, 2.24) is 4.90 Å². The van der Waals surface area contributed by atoms with Crippen LogP contribution in [0.1, 0.15) is 11.1 Å². The van der Waals surface area contributed by atoms with E-state index in [-0.39, 0.29) is 5.91 Å². The molecule has 0 heterocycles. The summed E-state index contributed by atoms with van der Waals surface area (Å²) in [6.45, 7) is 3.93. The van der Waals surface area contributed by atoms with Crippen LogP contribution < -0.4 is 0 Å². The van der Waals surface area contributed by atoms with E-state index in [1.54, 1.807) is 4.90 Å². The molecule has 0 radical (unpaired) electrons. The van der Waals surface area contributed by atoms with Crippen molar-refractivity contribution in [2.24, 2.45) is 0 Å². The predicted molar refractivity (Wildman–Crippen MR) is 87.2 cm³/mol. The number of benzene rings is 2. The van der Waals surface area contributed by atoms with Gasteiger partial charge in [0.15, 0.2) is 0 Å². The Morgan fingerprint density at radius 2 is 1.55 bits per heavy atom. The normalized spacial score (nSPS) is 11.5. The molecule has 0 spiro atoms. The first-order chi connectivity index (χ1) is 10.7. The summed E-state index contributed by atoms with van der Waals surface area (Å²) in [6, 6.07) is 18.8. The van der Waals surface area contributed by atoms with Gasteiger partial charge in [0.25, 0.3) is 0 Å². The lowest BCUT2D eigenvalue weighted by Gasteiger charge is -2.27. The Hall–Kier alpha value is -2.68. The van der Waals surface area contributed by atoms with Gasteiger partial charge in [-0.3, -0.25) is 4.79 Å². The number of hydrogen-bond donors (Lipinski definition) is 0. The lowest BCUT2D eigenvalue weighted by atomic mass is 10.0. The van der Waals surface area contributed by atoms with E-state index in [0.29, 0.717) is 13.0 Å². The number of nitrogens with zero attached hydrogens (tertiary/aromatic N) is 1. The Balaban J connectivity index is 2.20. The van der Waals surface area contributed by atoms with Gasteiger partial charge >= 0.3 is 0 Å². The molecule has 2 aromatic rings. The topological polar surface area (TPSA) is 37.4 Å². The largest absolute Gasteiger partial charge is 0.325 e. The van der Waals surface area contributed by atoms with Crippen molar-refractivity contribution in [1.29, 1.82) is 0 Å². The van der Waals surface area contributed by atoms with E-state index >= 15 is 0 Å². The van der Waals surface area contributed by atoms with Crippen molar-refractivity contribution >= 4 is 12.2 Å². The third kappa shape index (κ3) is 4.16. The zero-order valence-electron chi connectivity index (χ0n) is 12.4. The van der Waals surface area contributed by atoms with Crippen molar-refractivity contribution in [3.63, 3.8) is 0 Å². The summed E-state index contributed by atoms with van der Waals surface area (Å²) in [6.07, 6.45) is 2.58. The molecule has 3 nitrogen and oxygen atoms in total. The van der Waals surface area contributed by atoms with Crippen LogP contribution in [0.3, 0.4) is 0 Å². The van der Waals surface area contributed by atoms with Crippen LogP contribution in [-0.2, 0) is 22.6 Å². The van der Waals surface area contributed by atoms with Gasteiger partial charge in [0.1, 0.15) is 6.29 Å². The fourth-order valence-corrected chi connectivity index (χ4v) is 2.34. The Morgan fingerprint density at radius 1 is 1.00 bits per heavy atom. The molecule has 2 aromatic carbocycles. The molecular weight excluding hydrogens is 274 g/mol. The van der Waals surface area contributed by atoms with Gasteiger partial charge < -0.3 is 9.69 Å². The minimum Gasteiger partial charge on any atom is -0.325 e. The molecule has 0 saturated heterocycles. The first-order valence-corrected chi connectivity index (χ1v) is 7.20. The van der Waals surface area contributed by atoms with E-state index < -0.39 is 6.04 Å². The van der Waals surface area contributed by atoms with E-state index in [9.17, 15) is 9.59 Å². The maximum absolute atomic E-state index is 12.2. The minimum atomic E-state index is -0.506. The van der Waals surface area contributed by atoms with Crippen LogP contribution in [0.2, 0.25) is 0 Å². The van der Waals surface area contributed by atoms with Gasteiger partial charge in [0, 0.05) is 6.54 Å². The van der Waals surface area contributed by atoms with Crippen LogP contribution in [0, 0.1) is 0 Å². The van der Waals surface area contributed by atoms with Gasteiger partial charge in [-0.1, -0.05) is 67.2 Å². The zero-order chi connectivity index (χ0) is 15.8. The Bertz CT molecular complexity index is 622. The summed E-state index contributed by atoms with van der Waals surface area (Å²) in [5.74, 6) is -0.239. The molecule has 0 aliphatic rings. The Kier molecular flexibility index (Phi) is 5.66. The molecule has 0 aliphatic carbocycles. The van der Waals surface area contributed by atoms with Crippen LogP contribution in [0.5, 0.6) is 0 Å². The van der Waals surface area contributed by atoms with Crippen molar-refractivity contribution in [2.75, 3.05) is 0 Å². The van der Waals surface area contributed by atoms with E-state index in [1.807, 2.05) is 60.7 Å². The van der Waals surface area contributed by atoms with Crippen molar-refractivity contribution < 1.29 is 9.59 Å². The molecule has 0 N–H and O–H groups in total. The molecule has 3 heteroatoms. The van der Waals surface area contributed by atoms with Gasteiger partial charge in [-0.2, -0.15) is 0 Å². The van der Waals surface area contributed by atoms with Crippen molar-refractivity contribution in [3.05, 3.63) is 84.4 Å². The Labute approximate surface area is 130 Å². The highest BCUT2D eigenvalue weighted by Gasteiger charge is 2.22. The summed E-state index contributed by atoms with van der Waals surface area (Å²) in [5, 5.41) is 0. The fraction of sp³-hybridized carbons (Fsp3) is 0.158. The smallest absolute Gasteiger partial charge is 0.246 e. The van der Waals surface area contributed by atoms with Crippen LogP contribution in [0.4, 0.5) is 0 Å². The Morgan fingerprint density at radius 3 is 2.05 bits per heavy atom. The third-order valence-electron chi connectivity index (χ3n) is 3.50. The standard InChI is InChI=1S/C19H19NO2/c1-2-19(22)20(14-17-11-7-4-8-12-17)18(15-21)13-16-9-5-3-6-10-16/h2-12,15,18H,1,13-14H2/t18-/m0/s1. The summed E-state index contributed by atoms with van der Waals surface area (Å²) in [7, 11) is 0. The molecule has 2 rings (SSSR count). The molecule has 0 aliphatic heterocycles. The van der Waals surface area contributed by atoms with Crippen LogP contribution in [0.15, 0.2) is 73.3 Å². The number of carbonyl (C=O) groups excluding carboxylic acids is 2. The van der Waals surface area contributed by atoms with E-state index in [1.165, 1.54) is 6.08 Å². The molecule has 1 amide bonds. The predicted octanol–water partition coefficient (Wildman–Crippen LogP) is 3.01. The second-order valence-electron chi connectivity index (χ2n) is 5.05. The first kappa shape index (κ1) is 15.7. The molecule has 0 bridgehead atoms. The van der Waals surface area contributed by atoms with E-state index in [4.69, 9.17) is 0 Å². The van der Waals surface area contributed by atoms with Crippen LogP contribution >= 0.6 is 0 Å². The first-order valence-electron chi connectivity index (χ1n) is 7.20. The molecule has 0 fully saturated rings. The summed E-state index contributed by atoms with van der Waals surface area (Å²) in [5.41, 5.74) is 2.01. The van der Waals surface area contributed by atoms with Gasteiger partial charge in [-0.05, 0) is 23.6 Å². The number of aldehydes is 1. The molecule has 0 aromatic heterocycles. The molecular formula is C19H19NO2. The number of carbonyl (C=O) groups is 2. The molecule has 1 atom stereocenters. The van der Waals surface area contributed by atoms with Gasteiger partial charge in [-0.25, -0.2) is 0 Å². The van der Waals surface area contributed by atoms with E-state index in [2.05, 4.69) is 6.58 Å². The van der Waals surface area contributed by atoms with Gasteiger partial charge in [-0.15, -0.1) is 0 Å². The molecule has 22 heavy (non-hydrogen) atoms. The summed E-state index contributed by atoms with van der Waals surface area (Å²) in [4.78, 5) is 25.2. The quantitative estimate of drug-likeness (QED) is 0.581. The average molecular weight is 293 g/mol. The fourth-order valence-electron chi connectivity index (χ4n) is 2.34. The second-order valence-corrected chi connectivity index (χ2v) is 5.05. The van der Waals surface area contributed by atoms with Crippen molar-refractivity contribution in [3.8, 4) is 0 Å². The average Bonchev–Trinajstić information content (AvgIpc) is 2.59. The zero-order valence-corrected chi connectivity index (χ0v) is 12.4. The summed E-state index contributed by atoms with van der Waals surface area (Å²) >= 11 is 0. The minimum absolute atomic E-state index is 0.239. The molecule has 112 valence electrons. The monoisotopic (exact) mass is 293 g/mol. The SMILES string of the molecule is C=CC(=O)N(Cc1ccccc1)[C@H](C=O)Cc1ccccc1. The van der Waals surface area contributed by atoms with Gasteiger partial charge in [0.2, 0.25) is 5.91 Å². The number of hydrogen-bond acceptors (Lipinski definition) is 2. The van der Waals surface area contributed by atoms with Crippen LogP contribution in [-0.4, -0.2) is 23.1 Å². The van der Waals surface area contributed by atoms with Crippen molar-refractivity contribution in [2.45, 2.75) is 19.0 Å². The lowest BCUT2D eigenvalue weighted by molar-refractivity contribution is -0.132. The number of amides is 1. The molecule has 0 saturated carbocycles. The molecule has 0 unspecified atom stereocenters. The van der Waals surface area contributed by atoms with Crippen LogP contribution in [0.25, 0.3) is 0 Å². The number of rotatable bonds is 7. The lowest BCUT2D eigenvalue weighted by Crippen LogP contribution is -2.41. The maximum atomic E-state index is 12.2. The highest BCUT2D eigenvalue weighted by atomic mass is 16.2. The highest BCUT2D eigenvalue weighted by molar-refractivity contribution is 5.89.